The Balaban J connectivity index is 1.96. The Labute approximate surface area is 124 Å². The second-order valence-electron chi connectivity index (χ2n) is 7.50. The molecular formula is C18H30N2. The number of piperazine rings is 1. The maximum Gasteiger partial charge on any atom is 0.0244 e. The fourth-order valence-electron chi connectivity index (χ4n) is 2.80. The second kappa shape index (κ2) is 6.28. The van der Waals surface area contributed by atoms with E-state index in [-0.39, 0.29) is 0 Å². The summed E-state index contributed by atoms with van der Waals surface area (Å²) < 4.78 is 0. The molecule has 1 atom stereocenters. The van der Waals surface area contributed by atoms with Crippen molar-refractivity contribution in [1.29, 1.82) is 0 Å². The van der Waals surface area contributed by atoms with Crippen LogP contribution in [0.15, 0.2) is 24.3 Å². The Morgan fingerprint density at radius 2 is 1.85 bits per heavy atom. The Morgan fingerprint density at radius 1 is 1.20 bits per heavy atom. The SMILES string of the molecule is CC(C)c1ccc(CN2CCNC(C(C)(C)C)C2)cc1. The topological polar surface area (TPSA) is 15.3 Å². The van der Waals surface area contributed by atoms with Crippen LogP contribution in [0.2, 0.25) is 0 Å². The summed E-state index contributed by atoms with van der Waals surface area (Å²) in [5.74, 6) is 0.619. The van der Waals surface area contributed by atoms with E-state index in [1.54, 1.807) is 0 Å². The van der Waals surface area contributed by atoms with Gasteiger partial charge in [-0.3, -0.25) is 4.90 Å². The zero-order valence-corrected chi connectivity index (χ0v) is 13.7. The lowest BCUT2D eigenvalue weighted by Crippen LogP contribution is -2.55. The van der Waals surface area contributed by atoms with E-state index >= 15 is 0 Å². The number of rotatable bonds is 3. The van der Waals surface area contributed by atoms with Crippen molar-refractivity contribution in [2.45, 2.75) is 53.1 Å². The maximum atomic E-state index is 3.66. The Morgan fingerprint density at radius 3 is 2.40 bits per heavy atom. The zero-order valence-electron chi connectivity index (χ0n) is 13.7. The molecular weight excluding hydrogens is 244 g/mol. The molecule has 0 amide bonds. The minimum Gasteiger partial charge on any atom is -0.311 e. The first-order valence-electron chi connectivity index (χ1n) is 7.91. The van der Waals surface area contributed by atoms with Gasteiger partial charge in [-0.2, -0.15) is 0 Å². The molecule has 20 heavy (non-hydrogen) atoms. The Hall–Kier alpha value is -0.860. The van der Waals surface area contributed by atoms with Crippen LogP contribution in [0.1, 0.15) is 51.7 Å². The third-order valence-electron chi connectivity index (χ3n) is 4.36. The highest BCUT2D eigenvalue weighted by Gasteiger charge is 2.29. The summed E-state index contributed by atoms with van der Waals surface area (Å²) in [5, 5.41) is 3.66. The molecule has 1 heterocycles. The molecule has 1 aliphatic heterocycles. The van der Waals surface area contributed by atoms with Crippen LogP contribution in [-0.2, 0) is 6.54 Å². The van der Waals surface area contributed by atoms with Gasteiger partial charge in [-0.25, -0.2) is 0 Å². The molecule has 0 radical (unpaired) electrons. The fraction of sp³-hybridized carbons (Fsp3) is 0.667. The summed E-state index contributed by atoms with van der Waals surface area (Å²) in [6, 6.07) is 9.74. The van der Waals surface area contributed by atoms with Crippen LogP contribution in [0.25, 0.3) is 0 Å². The predicted molar refractivity (Wildman–Crippen MR) is 87.1 cm³/mol. The number of nitrogens with one attached hydrogen (secondary N) is 1. The lowest BCUT2D eigenvalue weighted by molar-refractivity contribution is 0.129. The number of hydrogen-bond donors (Lipinski definition) is 1. The number of hydrogen-bond acceptors (Lipinski definition) is 2. The summed E-state index contributed by atoms with van der Waals surface area (Å²) >= 11 is 0. The molecule has 0 saturated carbocycles. The van der Waals surface area contributed by atoms with E-state index < -0.39 is 0 Å². The molecule has 1 fully saturated rings. The summed E-state index contributed by atoms with van der Waals surface area (Å²) in [7, 11) is 0. The van der Waals surface area contributed by atoms with Crippen LogP contribution in [0.4, 0.5) is 0 Å². The molecule has 1 unspecified atom stereocenters. The van der Waals surface area contributed by atoms with Gasteiger partial charge < -0.3 is 5.32 Å². The number of nitrogens with zero attached hydrogens (tertiary/aromatic N) is 1. The van der Waals surface area contributed by atoms with Gasteiger partial charge in [-0.1, -0.05) is 58.9 Å². The first-order valence-corrected chi connectivity index (χ1v) is 7.91. The van der Waals surface area contributed by atoms with Crippen LogP contribution < -0.4 is 5.32 Å². The molecule has 0 spiro atoms. The van der Waals surface area contributed by atoms with Crippen LogP contribution >= 0.6 is 0 Å². The average Bonchev–Trinajstić information content (AvgIpc) is 2.38. The van der Waals surface area contributed by atoms with Gasteiger partial charge in [0.2, 0.25) is 0 Å². The molecule has 1 aromatic rings. The number of benzene rings is 1. The predicted octanol–water partition coefficient (Wildman–Crippen LogP) is 3.63. The highest BCUT2D eigenvalue weighted by Crippen LogP contribution is 2.23. The van der Waals surface area contributed by atoms with E-state index in [2.05, 4.69) is 69.1 Å². The maximum absolute atomic E-state index is 3.66. The molecule has 1 aromatic carbocycles. The van der Waals surface area contributed by atoms with Gasteiger partial charge in [0.15, 0.2) is 0 Å². The van der Waals surface area contributed by atoms with Crippen LogP contribution in [0.3, 0.4) is 0 Å². The van der Waals surface area contributed by atoms with Crippen molar-refractivity contribution >= 4 is 0 Å². The Bertz CT molecular complexity index is 414. The minimum absolute atomic E-state index is 0.334. The lowest BCUT2D eigenvalue weighted by Gasteiger charge is -2.40. The van der Waals surface area contributed by atoms with Crippen LogP contribution in [-0.4, -0.2) is 30.6 Å². The van der Waals surface area contributed by atoms with E-state index in [4.69, 9.17) is 0 Å². The summed E-state index contributed by atoms with van der Waals surface area (Å²) in [6.45, 7) is 16.0. The van der Waals surface area contributed by atoms with Gasteiger partial charge in [0.1, 0.15) is 0 Å². The van der Waals surface area contributed by atoms with E-state index in [9.17, 15) is 0 Å². The van der Waals surface area contributed by atoms with Crippen molar-refractivity contribution in [1.82, 2.24) is 10.2 Å². The molecule has 2 nitrogen and oxygen atoms in total. The van der Waals surface area contributed by atoms with Gasteiger partial charge in [0.05, 0.1) is 0 Å². The van der Waals surface area contributed by atoms with Gasteiger partial charge in [0.25, 0.3) is 0 Å². The summed E-state index contributed by atoms with van der Waals surface area (Å²) in [6.07, 6.45) is 0. The highest BCUT2D eigenvalue weighted by molar-refractivity contribution is 5.24. The molecule has 1 N–H and O–H groups in total. The fourth-order valence-corrected chi connectivity index (χ4v) is 2.80. The normalized spacial score (nSPS) is 21.4. The Kier molecular flexibility index (Phi) is 4.87. The van der Waals surface area contributed by atoms with E-state index in [0.29, 0.717) is 17.4 Å². The lowest BCUT2D eigenvalue weighted by atomic mass is 9.85. The standard InChI is InChI=1S/C18H30N2/c1-14(2)16-8-6-15(7-9-16)12-20-11-10-19-17(13-20)18(3,4)5/h6-9,14,17,19H,10-13H2,1-5H3. The molecule has 1 aliphatic rings. The van der Waals surface area contributed by atoms with Crippen LogP contribution in [0.5, 0.6) is 0 Å². The largest absolute Gasteiger partial charge is 0.311 e. The van der Waals surface area contributed by atoms with Crippen molar-refractivity contribution in [2.75, 3.05) is 19.6 Å². The highest BCUT2D eigenvalue weighted by atomic mass is 15.2. The van der Waals surface area contributed by atoms with Crippen molar-refractivity contribution in [3.63, 3.8) is 0 Å². The first kappa shape index (κ1) is 15.5. The van der Waals surface area contributed by atoms with Crippen molar-refractivity contribution < 1.29 is 0 Å². The molecule has 112 valence electrons. The molecule has 1 saturated heterocycles. The third kappa shape index (κ3) is 4.07. The average molecular weight is 274 g/mol. The summed E-state index contributed by atoms with van der Waals surface area (Å²) in [4.78, 5) is 2.58. The molecule has 0 bridgehead atoms. The second-order valence-corrected chi connectivity index (χ2v) is 7.50. The zero-order chi connectivity index (χ0) is 14.8. The quantitative estimate of drug-likeness (QED) is 0.905. The van der Waals surface area contributed by atoms with E-state index in [0.717, 1.165) is 26.2 Å². The van der Waals surface area contributed by atoms with E-state index in [1.807, 2.05) is 0 Å². The smallest absolute Gasteiger partial charge is 0.0244 e. The van der Waals surface area contributed by atoms with Gasteiger partial charge in [0, 0.05) is 32.2 Å². The van der Waals surface area contributed by atoms with Crippen molar-refractivity contribution in [3.8, 4) is 0 Å². The first-order chi connectivity index (χ1) is 9.36. The monoisotopic (exact) mass is 274 g/mol. The van der Waals surface area contributed by atoms with Gasteiger partial charge >= 0.3 is 0 Å². The van der Waals surface area contributed by atoms with Gasteiger partial charge in [-0.15, -0.1) is 0 Å². The van der Waals surface area contributed by atoms with Crippen molar-refractivity contribution in [3.05, 3.63) is 35.4 Å². The summed E-state index contributed by atoms with van der Waals surface area (Å²) in [5.41, 5.74) is 3.20. The van der Waals surface area contributed by atoms with Gasteiger partial charge in [-0.05, 0) is 22.5 Å². The van der Waals surface area contributed by atoms with Crippen molar-refractivity contribution in [2.24, 2.45) is 5.41 Å². The molecule has 0 aromatic heterocycles. The van der Waals surface area contributed by atoms with E-state index in [1.165, 1.54) is 11.1 Å². The molecule has 2 rings (SSSR count). The van der Waals surface area contributed by atoms with Crippen LogP contribution in [0, 0.1) is 5.41 Å². The minimum atomic E-state index is 0.334. The molecule has 2 heteroatoms. The third-order valence-corrected chi connectivity index (χ3v) is 4.36. The molecule has 0 aliphatic carbocycles.